The molecule has 114 valence electrons. The summed E-state index contributed by atoms with van der Waals surface area (Å²) < 4.78 is 1.91. The zero-order valence-corrected chi connectivity index (χ0v) is 14.6. The van der Waals surface area contributed by atoms with Crippen molar-refractivity contribution in [2.45, 2.75) is 37.2 Å². The lowest BCUT2D eigenvalue weighted by molar-refractivity contribution is 0.550. The fraction of sp³-hybridized carbons (Fsp3) is 0.438. The van der Waals surface area contributed by atoms with Gasteiger partial charge in [-0.15, -0.1) is 0 Å². The maximum absolute atomic E-state index is 6.16. The van der Waals surface area contributed by atoms with E-state index in [1.54, 1.807) is 11.8 Å². The van der Waals surface area contributed by atoms with E-state index >= 15 is 0 Å². The molecule has 1 heterocycles. The molecule has 3 nitrogen and oxygen atoms in total. The summed E-state index contributed by atoms with van der Waals surface area (Å²) in [6.45, 7) is 8.30. The van der Waals surface area contributed by atoms with Crippen LogP contribution in [0.3, 0.4) is 0 Å². The first-order valence-corrected chi connectivity index (χ1v) is 8.33. The van der Waals surface area contributed by atoms with Gasteiger partial charge in [0.25, 0.3) is 0 Å². The van der Waals surface area contributed by atoms with Crippen molar-refractivity contribution in [3.05, 3.63) is 40.5 Å². The van der Waals surface area contributed by atoms with Crippen molar-refractivity contribution in [3.63, 3.8) is 0 Å². The van der Waals surface area contributed by atoms with E-state index < -0.39 is 0 Å². The van der Waals surface area contributed by atoms with Gasteiger partial charge in [-0.1, -0.05) is 43.3 Å². The molecule has 0 unspecified atom stereocenters. The van der Waals surface area contributed by atoms with E-state index in [0.717, 1.165) is 28.8 Å². The minimum Gasteiger partial charge on any atom is -0.312 e. The lowest BCUT2D eigenvalue weighted by Crippen LogP contribution is -2.19. The molecule has 1 aromatic carbocycles. The third-order valence-corrected chi connectivity index (χ3v) is 4.50. The summed E-state index contributed by atoms with van der Waals surface area (Å²) in [5, 5.41) is 9.77. The van der Waals surface area contributed by atoms with Gasteiger partial charge in [-0.25, -0.2) is 0 Å². The third-order valence-electron chi connectivity index (χ3n) is 3.07. The Labute approximate surface area is 136 Å². The third kappa shape index (κ3) is 4.77. The SMILES string of the molecule is Cc1cc(Sc2cc(Cl)ccc2CNCC(C)C)n(C)n1. The highest BCUT2D eigenvalue weighted by atomic mass is 35.5. The quantitative estimate of drug-likeness (QED) is 0.860. The molecule has 0 amide bonds. The van der Waals surface area contributed by atoms with Gasteiger partial charge in [0.05, 0.1) is 10.7 Å². The van der Waals surface area contributed by atoms with Crippen LogP contribution in [-0.4, -0.2) is 16.3 Å². The second-order valence-electron chi connectivity index (χ2n) is 5.63. The van der Waals surface area contributed by atoms with Gasteiger partial charge >= 0.3 is 0 Å². The molecule has 0 aliphatic heterocycles. The van der Waals surface area contributed by atoms with E-state index in [1.165, 1.54) is 10.5 Å². The maximum atomic E-state index is 6.16. The average molecular weight is 324 g/mol. The normalized spacial score (nSPS) is 11.3. The number of halogens is 1. The Morgan fingerprint density at radius 1 is 1.33 bits per heavy atom. The van der Waals surface area contributed by atoms with Crippen LogP contribution < -0.4 is 5.32 Å². The summed E-state index contributed by atoms with van der Waals surface area (Å²) in [5.74, 6) is 0.646. The first kappa shape index (κ1) is 16.4. The van der Waals surface area contributed by atoms with Crippen LogP contribution in [0.25, 0.3) is 0 Å². The summed E-state index contributed by atoms with van der Waals surface area (Å²) >= 11 is 7.87. The van der Waals surface area contributed by atoms with Crippen LogP contribution in [0.4, 0.5) is 0 Å². The first-order valence-electron chi connectivity index (χ1n) is 7.13. The van der Waals surface area contributed by atoms with Gasteiger partial charge in [0.15, 0.2) is 0 Å². The Morgan fingerprint density at radius 2 is 2.10 bits per heavy atom. The Bertz CT molecular complexity index is 608. The van der Waals surface area contributed by atoms with Gasteiger partial charge in [0.2, 0.25) is 0 Å². The van der Waals surface area contributed by atoms with Crippen LogP contribution in [0.15, 0.2) is 34.2 Å². The van der Waals surface area contributed by atoms with Gasteiger partial charge in [0, 0.05) is 23.5 Å². The number of nitrogens with one attached hydrogen (secondary N) is 1. The molecule has 1 N–H and O–H groups in total. The van der Waals surface area contributed by atoms with Gasteiger partial charge < -0.3 is 5.32 Å². The number of rotatable bonds is 6. The molecule has 0 saturated carbocycles. The van der Waals surface area contributed by atoms with Crippen molar-refractivity contribution in [1.29, 1.82) is 0 Å². The molecule has 0 aliphatic carbocycles. The summed E-state index contributed by atoms with van der Waals surface area (Å²) in [6.07, 6.45) is 0. The lowest BCUT2D eigenvalue weighted by atomic mass is 10.2. The number of nitrogens with zero attached hydrogens (tertiary/aromatic N) is 2. The summed E-state index contributed by atoms with van der Waals surface area (Å²) in [6, 6.07) is 8.17. The summed E-state index contributed by atoms with van der Waals surface area (Å²) in [5.41, 5.74) is 2.30. The highest BCUT2D eigenvalue weighted by Gasteiger charge is 2.09. The molecule has 0 saturated heterocycles. The highest BCUT2D eigenvalue weighted by Crippen LogP contribution is 2.32. The zero-order valence-electron chi connectivity index (χ0n) is 13.0. The minimum atomic E-state index is 0.646. The average Bonchev–Trinajstić information content (AvgIpc) is 2.70. The van der Waals surface area contributed by atoms with Crippen molar-refractivity contribution in [3.8, 4) is 0 Å². The second-order valence-corrected chi connectivity index (χ2v) is 7.13. The summed E-state index contributed by atoms with van der Waals surface area (Å²) in [7, 11) is 1.97. The molecule has 5 heteroatoms. The second kappa shape index (κ2) is 7.34. The fourth-order valence-corrected chi connectivity index (χ4v) is 3.38. The van der Waals surface area contributed by atoms with Gasteiger partial charge in [-0.2, -0.15) is 5.10 Å². The van der Waals surface area contributed by atoms with Crippen LogP contribution in [0, 0.1) is 12.8 Å². The minimum absolute atomic E-state index is 0.646. The highest BCUT2D eigenvalue weighted by molar-refractivity contribution is 7.99. The first-order chi connectivity index (χ1) is 9.95. The number of benzene rings is 1. The summed E-state index contributed by atoms with van der Waals surface area (Å²) in [4.78, 5) is 1.18. The van der Waals surface area contributed by atoms with Crippen molar-refractivity contribution in [2.24, 2.45) is 13.0 Å². The fourth-order valence-electron chi connectivity index (χ4n) is 2.06. The number of hydrogen-bond acceptors (Lipinski definition) is 3. The van der Waals surface area contributed by atoms with Crippen LogP contribution in [-0.2, 0) is 13.6 Å². The molecule has 0 radical (unpaired) electrons. The number of aryl methyl sites for hydroxylation is 2. The van der Waals surface area contributed by atoms with E-state index in [1.807, 2.05) is 30.8 Å². The molecule has 0 bridgehead atoms. The lowest BCUT2D eigenvalue weighted by Gasteiger charge is -2.12. The maximum Gasteiger partial charge on any atom is 0.0987 e. The Balaban J connectivity index is 2.16. The van der Waals surface area contributed by atoms with Crippen molar-refractivity contribution >= 4 is 23.4 Å². The van der Waals surface area contributed by atoms with Crippen LogP contribution >= 0.6 is 23.4 Å². The Kier molecular flexibility index (Phi) is 5.73. The largest absolute Gasteiger partial charge is 0.312 e. The Morgan fingerprint density at radius 3 is 2.71 bits per heavy atom. The number of hydrogen-bond donors (Lipinski definition) is 1. The zero-order chi connectivity index (χ0) is 15.4. The monoisotopic (exact) mass is 323 g/mol. The molecule has 0 atom stereocenters. The molecule has 21 heavy (non-hydrogen) atoms. The van der Waals surface area contributed by atoms with Crippen LogP contribution in [0.5, 0.6) is 0 Å². The predicted molar refractivity (Wildman–Crippen MR) is 90.1 cm³/mol. The molecule has 0 aliphatic rings. The van der Waals surface area contributed by atoms with E-state index in [2.05, 4.69) is 36.4 Å². The van der Waals surface area contributed by atoms with Crippen LogP contribution in [0.1, 0.15) is 25.1 Å². The molecular formula is C16H22ClN3S. The van der Waals surface area contributed by atoms with Crippen molar-refractivity contribution in [1.82, 2.24) is 15.1 Å². The van der Waals surface area contributed by atoms with Gasteiger partial charge in [0.1, 0.15) is 0 Å². The standard InChI is InChI=1S/C16H22ClN3S/c1-11(2)9-18-10-13-5-6-14(17)8-15(13)21-16-7-12(3)19-20(16)4/h5-8,11,18H,9-10H2,1-4H3. The molecule has 1 aromatic heterocycles. The van der Waals surface area contributed by atoms with Crippen molar-refractivity contribution < 1.29 is 0 Å². The molecule has 0 fully saturated rings. The van der Waals surface area contributed by atoms with E-state index in [0.29, 0.717) is 5.92 Å². The topological polar surface area (TPSA) is 29.9 Å². The predicted octanol–water partition coefficient (Wildman–Crippen LogP) is 4.28. The van der Waals surface area contributed by atoms with Crippen LogP contribution in [0.2, 0.25) is 5.02 Å². The molecular weight excluding hydrogens is 302 g/mol. The smallest absolute Gasteiger partial charge is 0.0987 e. The van der Waals surface area contributed by atoms with Gasteiger partial charge in [-0.3, -0.25) is 4.68 Å². The van der Waals surface area contributed by atoms with E-state index in [4.69, 9.17) is 11.6 Å². The molecule has 2 aromatic rings. The molecule has 2 rings (SSSR count). The van der Waals surface area contributed by atoms with Gasteiger partial charge in [-0.05, 0) is 43.1 Å². The van der Waals surface area contributed by atoms with E-state index in [9.17, 15) is 0 Å². The van der Waals surface area contributed by atoms with E-state index in [-0.39, 0.29) is 0 Å². The number of aromatic nitrogens is 2. The molecule has 0 spiro atoms. The Hall–Kier alpha value is -0.970. The van der Waals surface area contributed by atoms with Crippen molar-refractivity contribution in [2.75, 3.05) is 6.54 Å².